The maximum atomic E-state index is 13.0. The molecule has 0 aromatic heterocycles. The molecule has 0 atom stereocenters. The van der Waals surface area contributed by atoms with Crippen LogP contribution in [-0.2, 0) is 6.54 Å². The number of phenolic OH excluding ortho intramolecular Hbond substituents is 1. The Morgan fingerprint density at radius 1 is 1.22 bits per heavy atom. The van der Waals surface area contributed by atoms with Crippen molar-refractivity contribution in [3.05, 3.63) is 53.8 Å². The molecule has 2 aromatic carbocycles. The second-order valence-corrected chi connectivity index (χ2v) is 3.86. The van der Waals surface area contributed by atoms with Gasteiger partial charge in [-0.1, -0.05) is 6.07 Å². The molecule has 0 fully saturated rings. The van der Waals surface area contributed by atoms with Crippen LogP contribution in [0.4, 0.5) is 10.1 Å². The van der Waals surface area contributed by atoms with Crippen LogP contribution in [0.15, 0.2) is 42.5 Å². The van der Waals surface area contributed by atoms with E-state index in [1.165, 1.54) is 12.1 Å². The molecule has 94 valence electrons. The summed E-state index contributed by atoms with van der Waals surface area (Å²) in [7, 11) is 1.54. The van der Waals surface area contributed by atoms with Gasteiger partial charge in [-0.2, -0.15) is 0 Å². The van der Waals surface area contributed by atoms with Gasteiger partial charge < -0.3 is 15.2 Å². The van der Waals surface area contributed by atoms with Crippen molar-refractivity contribution in [3.8, 4) is 11.5 Å². The van der Waals surface area contributed by atoms with Gasteiger partial charge in [0.15, 0.2) is 0 Å². The summed E-state index contributed by atoms with van der Waals surface area (Å²) in [4.78, 5) is 0. The highest BCUT2D eigenvalue weighted by molar-refractivity contribution is 5.46. The third-order valence-electron chi connectivity index (χ3n) is 2.60. The van der Waals surface area contributed by atoms with E-state index in [0.717, 1.165) is 5.56 Å². The third-order valence-corrected chi connectivity index (χ3v) is 2.60. The molecule has 0 radical (unpaired) electrons. The number of hydrogen-bond acceptors (Lipinski definition) is 3. The number of benzene rings is 2. The number of phenols is 1. The van der Waals surface area contributed by atoms with Crippen molar-refractivity contribution in [1.82, 2.24) is 0 Å². The normalized spacial score (nSPS) is 10.1. The van der Waals surface area contributed by atoms with Gasteiger partial charge in [-0.15, -0.1) is 0 Å². The summed E-state index contributed by atoms with van der Waals surface area (Å²) in [6, 6.07) is 11.3. The van der Waals surface area contributed by atoms with Crippen molar-refractivity contribution in [3.63, 3.8) is 0 Å². The van der Waals surface area contributed by atoms with E-state index in [4.69, 9.17) is 4.74 Å². The molecule has 0 aliphatic carbocycles. The van der Waals surface area contributed by atoms with Gasteiger partial charge in [0.1, 0.15) is 17.3 Å². The molecule has 0 aliphatic heterocycles. The largest absolute Gasteiger partial charge is 0.507 e. The molecule has 2 rings (SSSR count). The smallest absolute Gasteiger partial charge is 0.125 e. The number of aromatic hydroxyl groups is 1. The van der Waals surface area contributed by atoms with Crippen LogP contribution in [0.2, 0.25) is 0 Å². The summed E-state index contributed by atoms with van der Waals surface area (Å²) in [5.74, 6) is 0.458. The molecule has 2 N–H and O–H groups in total. The van der Waals surface area contributed by atoms with E-state index >= 15 is 0 Å². The van der Waals surface area contributed by atoms with E-state index < -0.39 is 0 Å². The van der Waals surface area contributed by atoms with Crippen molar-refractivity contribution in [2.45, 2.75) is 6.54 Å². The van der Waals surface area contributed by atoms with Crippen LogP contribution in [0.1, 0.15) is 5.56 Å². The lowest BCUT2D eigenvalue weighted by Crippen LogP contribution is -2.00. The molecule has 0 amide bonds. The highest BCUT2D eigenvalue weighted by Gasteiger charge is 2.03. The molecule has 4 heteroatoms. The molecule has 2 aromatic rings. The lowest BCUT2D eigenvalue weighted by atomic mass is 10.2. The second kappa shape index (κ2) is 5.40. The minimum atomic E-state index is -0.293. The predicted octanol–water partition coefficient (Wildman–Crippen LogP) is 3.15. The van der Waals surface area contributed by atoms with Crippen LogP contribution in [0.5, 0.6) is 11.5 Å². The Balaban J connectivity index is 2.06. The topological polar surface area (TPSA) is 41.5 Å². The van der Waals surface area contributed by atoms with Crippen LogP contribution in [-0.4, -0.2) is 12.2 Å². The lowest BCUT2D eigenvalue weighted by molar-refractivity contribution is 0.406. The summed E-state index contributed by atoms with van der Waals surface area (Å²) in [6.45, 7) is 0.416. The Hall–Kier alpha value is -2.23. The third kappa shape index (κ3) is 2.91. The van der Waals surface area contributed by atoms with Gasteiger partial charge in [0, 0.05) is 23.9 Å². The van der Waals surface area contributed by atoms with E-state index in [9.17, 15) is 9.50 Å². The van der Waals surface area contributed by atoms with Crippen LogP contribution in [0, 0.1) is 5.82 Å². The number of rotatable bonds is 4. The molecule has 0 heterocycles. The minimum Gasteiger partial charge on any atom is -0.507 e. The molecule has 0 saturated heterocycles. The number of ether oxygens (including phenoxy) is 1. The Kier molecular flexibility index (Phi) is 3.67. The van der Waals surface area contributed by atoms with E-state index in [0.29, 0.717) is 18.0 Å². The lowest BCUT2D eigenvalue weighted by Gasteiger charge is -2.09. The molecule has 3 nitrogen and oxygen atoms in total. The van der Waals surface area contributed by atoms with Crippen LogP contribution >= 0.6 is 0 Å². The summed E-state index contributed by atoms with van der Waals surface area (Å²) in [5, 5.41) is 12.8. The van der Waals surface area contributed by atoms with Crippen molar-refractivity contribution >= 4 is 5.69 Å². The number of hydrogen-bond donors (Lipinski definition) is 2. The maximum Gasteiger partial charge on any atom is 0.125 e. The van der Waals surface area contributed by atoms with Crippen molar-refractivity contribution in [2.24, 2.45) is 0 Å². The van der Waals surface area contributed by atoms with Gasteiger partial charge in [-0.25, -0.2) is 4.39 Å². The van der Waals surface area contributed by atoms with Gasteiger partial charge in [0.25, 0.3) is 0 Å². The first-order valence-corrected chi connectivity index (χ1v) is 5.54. The number of anilines is 1. The Bertz CT molecular complexity index is 543. The monoisotopic (exact) mass is 247 g/mol. The first-order valence-electron chi connectivity index (χ1n) is 5.54. The quantitative estimate of drug-likeness (QED) is 0.872. The summed E-state index contributed by atoms with van der Waals surface area (Å²) in [5.41, 5.74) is 1.39. The van der Waals surface area contributed by atoms with Gasteiger partial charge in [-0.3, -0.25) is 0 Å². The van der Waals surface area contributed by atoms with Crippen molar-refractivity contribution in [1.29, 1.82) is 0 Å². The summed E-state index contributed by atoms with van der Waals surface area (Å²) < 4.78 is 18.0. The fraction of sp³-hybridized carbons (Fsp3) is 0.143. The molecule has 0 saturated carbocycles. The zero-order valence-electron chi connectivity index (χ0n) is 9.98. The first-order chi connectivity index (χ1) is 8.69. The highest BCUT2D eigenvalue weighted by Crippen LogP contribution is 2.24. The molecule has 0 bridgehead atoms. The SMILES string of the molecule is COc1ccc(CNc2cccc(F)c2)c(O)c1. The Morgan fingerprint density at radius 3 is 2.72 bits per heavy atom. The van der Waals surface area contributed by atoms with Crippen LogP contribution in [0.25, 0.3) is 0 Å². The standard InChI is InChI=1S/C14H14FNO2/c1-18-13-6-5-10(14(17)8-13)9-16-12-4-2-3-11(15)7-12/h2-8,16-17H,9H2,1H3. The number of nitrogens with one attached hydrogen (secondary N) is 1. The van der Waals surface area contributed by atoms with Gasteiger partial charge in [-0.05, 0) is 30.3 Å². The van der Waals surface area contributed by atoms with E-state index in [-0.39, 0.29) is 11.6 Å². The minimum absolute atomic E-state index is 0.151. The molecular formula is C14H14FNO2. The van der Waals surface area contributed by atoms with Gasteiger partial charge >= 0.3 is 0 Å². The molecule has 0 spiro atoms. The Morgan fingerprint density at radius 2 is 2.06 bits per heavy atom. The number of methoxy groups -OCH3 is 1. The maximum absolute atomic E-state index is 13.0. The zero-order valence-corrected chi connectivity index (χ0v) is 9.98. The first kappa shape index (κ1) is 12.2. The van der Waals surface area contributed by atoms with Crippen LogP contribution < -0.4 is 10.1 Å². The average Bonchev–Trinajstić information content (AvgIpc) is 2.37. The summed E-state index contributed by atoms with van der Waals surface area (Å²) >= 11 is 0. The van der Waals surface area contributed by atoms with E-state index in [1.807, 2.05) is 0 Å². The summed E-state index contributed by atoms with van der Waals surface area (Å²) in [6.07, 6.45) is 0. The molecule has 0 unspecified atom stereocenters. The molecular weight excluding hydrogens is 233 g/mol. The zero-order chi connectivity index (χ0) is 13.0. The van der Waals surface area contributed by atoms with Gasteiger partial charge in [0.2, 0.25) is 0 Å². The Labute approximate surface area is 105 Å². The second-order valence-electron chi connectivity index (χ2n) is 3.86. The molecule has 0 aliphatic rings. The van der Waals surface area contributed by atoms with Crippen molar-refractivity contribution in [2.75, 3.05) is 12.4 Å². The van der Waals surface area contributed by atoms with E-state index in [1.54, 1.807) is 37.4 Å². The number of halogens is 1. The fourth-order valence-corrected chi connectivity index (χ4v) is 1.62. The van der Waals surface area contributed by atoms with E-state index in [2.05, 4.69) is 5.32 Å². The van der Waals surface area contributed by atoms with Gasteiger partial charge in [0.05, 0.1) is 7.11 Å². The predicted molar refractivity (Wildman–Crippen MR) is 68.4 cm³/mol. The fourth-order valence-electron chi connectivity index (χ4n) is 1.62. The van der Waals surface area contributed by atoms with Crippen molar-refractivity contribution < 1.29 is 14.2 Å². The average molecular weight is 247 g/mol. The molecule has 18 heavy (non-hydrogen) atoms. The highest BCUT2D eigenvalue weighted by atomic mass is 19.1. The van der Waals surface area contributed by atoms with Crippen LogP contribution in [0.3, 0.4) is 0 Å².